The molecule has 0 atom stereocenters. The number of ether oxygens (including phenoxy) is 1. The van der Waals surface area contributed by atoms with Crippen LogP contribution in [0.3, 0.4) is 0 Å². The molecule has 0 fully saturated rings. The number of nitrogens with one attached hydrogen (secondary N) is 1. The van der Waals surface area contributed by atoms with E-state index in [0.29, 0.717) is 33.6 Å². The summed E-state index contributed by atoms with van der Waals surface area (Å²) in [5, 5.41) is 3.72. The van der Waals surface area contributed by atoms with Crippen molar-refractivity contribution < 1.29 is 14.3 Å². The van der Waals surface area contributed by atoms with E-state index in [4.69, 9.17) is 4.74 Å². The summed E-state index contributed by atoms with van der Waals surface area (Å²) < 4.78 is 5.35. The second-order valence-corrected chi connectivity index (χ2v) is 6.80. The fourth-order valence-electron chi connectivity index (χ4n) is 3.78. The highest BCUT2D eigenvalue weighted by Gasteiger charge is 2.27. The highest BCUT2D eigenvalue weighted by Crippen LogP contribution is 2.37. The molecule has 1 aliphatic rings. The first kappa shape index (κ1) is 17.1. The summed E-state index contributed by atoms with van der Waals surface area (Å²) in [6, 6.07) is 20.0. The number of fused-ring (bicyclic) bond motifs is 4. The van der Waals surface area contributed by atoms with Crippen LogP contribution in [0.15, 0.2) is 72.9 Å². The molecule has 1 aromatic heterocycles. The van der Waals surface area contributed by atoms with E-state index in [-0.39, 0.29) is 11.7 Å². The lowest BCUT2D eigenvalue weighted by atomic mass is 10.0. The fraction of sp³-hybridized carbons (Fsp3) is 0.0417. The molecule has 0 aliphatic heterocycles. The van der Waals surface area contributed by atoms with Crippen molar-refractivity contribution in [1.29, 1.82) is 0 Å². The van der Waals surface area contributed by atoms with Crippen LogP contribution in [0.1, 0.15) is 26.3 Å². The minimum atomic E-state index is -0.285. The van der Waals surface area contributed by atoms with Crippen molar-refractivity contribution in [3.63, 3.8) is 0 Å². The SMILES string of the molecule is COc1ccc(NC(=O)c2ccc3c(c2)C(=O)c2ccccc2-3)c2cccnc12. The van der Waals surface area contributed by atoms with E-state index in [1.165, 1.54) is 0 Å². The van der Waals surface area contributed by atoms with E-state index < -0.39 is 0 Å². The third kappa shape index (κ3) is 2.67. The number of methoxy groups -OCH3 is 1. The maximum absolute atomic E-state index is 12.9. The first-order chi connectivity index (χ1) is 14.2. The minimum absolute atomic E-state index is 0.0515. The smallest absolute Gasteiger partial charge is 0.255 e. The van der Waals surface area contributed by atoms with Gasteiger partial charge in [-0.05, 0) is 47.5 Å². The first-order valence-corrected chi connectivity index (χ1v) is 9.18. The lowest BCUT2D eigenvalue weighted by Gasteiger charge is -2.11. The molecule has 0 unspecified atom stereocenters. The van der Waals surface area contributed by atoms with Gasteiger partial charge >= 0.3 is 0 Å². The molecule has 1 heterocycles. The molecular weight excluding hydrogens is 364 g/mol. The molecule has 0 saturated heterocycles. The van der Waals surface area contributed by atoms with Gasteiger partial charge in [-0.25, -0.2) is 0 Å². The van der Waals surface area contributed by atoms with Crippen LogP contribution in [-0.2, 0) is 0 Å². The molecule has 1 aliphatic carbocycles. The molecule has 3 aromatic carbocycles. The van der Waals surface area contributed by atoms with Gasteiger partial charge in [0.15, 0.2) is 5.78 Å². The summed E-state index contributed by atoms with van der Waals surface area (Å²) >= 11 is 0. The number of anilines is 1. The molecule has 1 amide bonds. The Morgan fingerprint density at radius 3 is 2.52 bits per heavy atom. The third-order valence-corrected chi connectivity index (χ3v) is 5.19. The van der Waals surface area contributed by atoms with Crippen molar-refractivity contribution in [3.05, 3.63) is 89.6 Å². The van der Waals surface area contributed by atoms with Gasteiger partial charge in [0.25, 0.3) is 5.91 Å². The van der Waals surface area contributed by atoms with Crippen molar-refractivity contribution >= 4 is 28.3 Å². The number of nitrogens with zero attached hydrogens (tertiary/aromatic N) is 1. The molecule has 1 N–H and O–H groups in total. The van der Waals surface area contributed by atoms with E-state index in [2.05, 4.69) is 10.3 Å². The van der Waals surface area contributed by atoms with Crippen molar-refractivity contribution in [2.75, 3.05) is 12.4 Å². The van der Waals surface area contributed by atoms with Gasteiger partial charge in [-0.3, -0.25) is 14.6 Å². The van der Waals surface area contributed by atoms with Crippen molar-refractivity contribution in [3.8, 4) is 16.9 Å². The molecule has 0 radical (unpaired) electrons. The highest BCUT2D eigenvalue weighted by molar-refractivity contribution is 6.22. The summed E-state index contributed by atoms with van der Waals surface area (Å²) in [5.74, 6) is 0.302. The molecule has 5 heteroatoms. The summed E-state index contributed by atoms with van der Waals surface area (Å²) in [4.78, 5) is 30.0. The second kappa shape index (κ2) is 6.56. The topological polar surface area (TPSA) is 68.3 Å². The standard InChI is InChI=1S/C24H16N2O3/c1-29-21-11-10-20(18-7-4-12-25-22(18)21)26-24(28)14-8-9-16-15-5-2-3-6-17(15)23(27)19(16)13-14/h2-13H,1H3,(H,26,28). The van der Waals surface area contributed by atoms with E-state index >= 15 is 0 Å². The fourth-order valence-corrected chi connectivity index (χ4v) is 3.78. The normalized spacial score (nSPS) is 11.8. The van der Waals surface area contributed by atoms with Crippen LogP contribution in [0.25, 0.3) is 22.0 Å². The summed E-state index contributed by atoms with van der Waals surface area (Å²) in [6.07, 6.45) is 1.68. The maximum Gasteiger partial charge on any atom is 0.255 e. The highest BCUT2D eigenvalue weighted by atomic mass is 16.5. The number of carbonyl (C=O) groups excluding carboxylic acids is 2. The van der Waals surface area contributed by atoms with E-state index in [9.17, 15) is 9.59 Å². The molecule has 4 aromatic rings. The Morgan fingerprint density at radius 1 is 0.897 bits per heavy atom. The van der Waals surface area contributed by atoms with Crippen LogP contribution in [-0.4, -0.2) is 23.8 Å². The molecule has 140 valence electrons. The molecule has 5 nitrogen and oxygen atoms in total. The molecular formula is C24H16N2O3. The average Bonchev–Trinajstić information content (AvgIpc) is 3.06. The van der Waals surface area contributed by atoms with Crippen LogP contribution < -0.4 is 10.1 Å². The van der Waals surface area contributed by atoms with Gasteiger partial charge in [0.2, 0.25) is 0 Å². The number of pyridine rings is 1. The zero-order chi connectivity index (χ0) is 20.0. The number of carbonyl (C=O) groups is 2. The molecule has 0 bridgehead atoms. The lowest BCUT2D eigenvalue weighted by Crippen LogP contribution is -2.13. The van der Waals surface area contributed by atoms with Crippen molar-refractivity contribution in [2.45, 2.75) is 0 Å². The van der Waals surface area contributed by atoms with Gasteiger partial charge in [-0.15, -0.1) is 0 Å². The molecule has 0 saturated carbocycles. The number of hydrogen-bond acceptors (Lipinski definition) is 4. The number of hydrogen-bond donors (Lipinski definition) is 1. The van der Waals surface area contributed by atoms with Crippen LogP contribution in [0.2, 0.25) is 0 Å². The Balaban J connectivity index is 1.51. The monoisotopic (exact) mass is 380 g/mol. The largest absolute Gasteiger partial charge is 0.494 e. The summed E-state index contributed by atoms with van der Waals surface area (Å²) in [7, 11) is 1.58. The second-order valence-electron chi connectivity index (χ2n) is 6.80. The quantitative estimate of drug-likeness (QED) is 0.492. The van der Waals surface area contributed by atoms with E-state index in [0.717, 1.165) is 16.5 Å². The zero-order valence-electron chi connectivity index (χ0n) is 15.6. The number of benzene rings is 3. The number of rotatable bonds is 3. The van der Waals surface area contributed by atoms with Crippen LogP contribution in [0.4, 0.5) is 5.69 Å². The van der Waals surface area contributed by atoms with Crippen LogP contribution in [0, 0.1) is 0 Å². The number of ketones is 1. The minimum Gasteiger partial charge on any atom is -0.494 e. The summed E-state index contributed by atoms with van der Waals surface area (Å²) in [6.45, 7) is 0. The van der Waals surface area contributed by atoms with Crippen molar-refractivity contribution in [2.24, 2.45) is 0 Å². The number of amides is 1. The van der Waals surface area contributed by atoms with Gasteiger partial charge < -0.3 is 10.1 Å². The van der Waals surface area contributed by atoms with Gasteiger partial charge in [-0.1, -0.05) is 30.3 Å². The molecule has 0 spiro atoms. The van der Waals surface area contributed by atoms with Gasteiger partial charge in [0.05, 0.1) is 12.8 Å². The van der Waals surface area contributed by atoms with Gasteiger partial charge in [0, 0.05) is 28.3 Å². The Kier molecular flexibility index (Phi) is 3.88. The predicted octanol–water partition coefficient (Wildman–Crippen LogP) is 4.71. The van der Waals surface area contributed by atoms with E-state index in [1.807, 2.05) is 42.5 Å². The van der Waals surface area contributed by atoms with Crippen LogP contribution in [0.5, 0.6) is 5.75 Å². The lowest BCUT2D eigenvalue weighted by molar-refractivity contribution is 0.102. The Hall–Kier alpha value is -3.99. The first-order valence-electron chi connectivity index (χ1n) is 9.18. The molecule has 5 rings (SSSR count). The van der Waals surface area contributed by atoms with E-state index in [1.54, 1.807) is 37.6 Å². The van der Waals surface area contributed by atoms with Gasteiger partial charge in [-0.2, -0.15) is 0 Å². The van der Waals surface area contributed by atoms with Gasteiger partial charge in [0.1, 0.15) is 11.3 Å². The van der Waals surface area contributed by atoms with Crippen LogP contribution >= 0.6 is 0 Å². The maximum atomic E-state index is 12.9. The Bertz CT molecular complexity index is 1310. The zero-order valence-corrected chi connectivity index (χ0v) is 15.6. The molecule has 29 heavy (non-hydrogen) atoms. The number of aromatic nitrogens is 1. The summed E-state index contributed by atoms with van der Waals surface area (Å²) in [5.41, 5.74) is 4.74. The average molecular weight is 380 g/mol. The third-order valence-electron chi connectivity index (χ3n) is 5.19. The van der Waals surface area contributed by atoms with Crippen molar-refractivity contribution in [1.82, 2.24) is 4.98 Å². The predicted molar refractivity (Wildman–Crippen MR) is 112 cm³/mol. The Morgan fingerprint density at radius 2 is 1.69 bits per heavy atom. The Labute approximate surface area is 167 Å².